The van der Waals surface area contributed by atoms with Gasteiger partial charge in [0.25, 0.3) is 0 Å². The van der Waals surface area contributed by atoms with Crippen LogP contribution in [-0.2, 0) is 6.42 Å². The summed E-state index contributed by atoms with van der Waals surface area (Å²) in [5.74, 6) is 1.83. The summed E-state index contributed by atoms with van der Waals surface area (Å²) in [6, 6.07) is 14.3. The van der Waals surface area contributed by atoms with Crippen LogP contribution in [0.5, 0.6) is 11.5 Å². The average molecular weight is 255 g/mol. The van der Waals surface area contributed by atoms with E-state index in [-0.39, 0.29) is 6.10 Å². The molecule has 3 nitrogen and oxygen atoms in total. The van der Waals surface area contributed by atoms with Crippen molar-refractivity contribution in [3.63, 3.8) is 0 Å². The highest BCUT2D eigenvalue weighted by molar-refractivity contribution is 5.73. The highest BCUT2D eigenvalue weighted by Gasteiger charge is 2.24. The molecule has 0 bridgehead atoms. The molecule has 0 unspecified atom stereocenters. The van der Waals surface area contributed by atoms with E-state index in [0.717, 1.165) is 29.0 Å². The first-order valence-electron chi connectivity index (χ1n) is 6.45. The smallest absolute Gasteiger partial charge is 0.130 e. The van der Waals surface area contributed by atoms with Gasteiger partial charge < -0.3 is 15.2 Å². The summed E-state index contributed by atoms with van der Waals surface area (Å²) in [7, 11) is 1.67. The van der Waals surface area contributed by atoms with Crippen LogP contribution in [0.15, 0.2) is 42.5 Å². The fourth-order valence-electron chi connectivity index (χ4n) is 2.47. The van der Waals surface area contributed by atoms with Gasteiger partial charge in [-0.15, -0.1) is 0 Å². The molecule has 1 aliphatic heterocycles. The Labute approximate surface area is 113 Å². The third-order valence-corrected chi connectivity index (χ3v) is 3.49. The zero-order valence-electron chi connectivity index (χ0n) is 10.9. The molecule has 2 N–H and O–H groups in total. The number of hydrogen-bond donors (Lipinski definition) is 1. The van der Waals surface area contributed by atoms with Crippen LogP contribution >= 0.6 is 0 Å². The second-order valence-corrected chi connectivity index (χ2v) is 4.70. The Morgan fingerprint density at radius 1 is 1.21 bits per heavy atom. The van der Waals surface area contributed by atoms with Gasteiger partial charge in [0.2, 0.25) is 0 Å². The van der Waals surface area contributed by atoms with Crippen LogP contribution in [0.2, 0.25) is 0 Å². The van der Waals surface area contributed by atoms with E-state index < -0.39 is 0 Å². The summed E-state index contributed by atoms with van der Waals surface area (Å²) in [6.07, 6.45) is 1.00. The largest absolute Gasteiger partial charge is 0.497 e. The van der Waals surface area contributed by atoms with Crippen molar-refractivity contribution in [2.45, 2.75) is 12.5 Å². The minimum absolute atomic E-state index is 0.106. The third-order valence-electron chi connectivity index (χ3n) is 3.49. The Kier molecular flexibility index (Phi) is 3.13. The molecule has 1 aliphatic rings. The van der Waals surface area contributed by atoms with E-state index in [1.54, 1.807) is 7.11 Å². The summed E-state index contributed by atoms with van der Waals surface area (Å²) >= 11 is 0. The first-order valence-corrected chi connectivity index (χ1v) is 6.45. The van der Waals surface area contributed by atoms with Crippen molar-refractivity contribution in [1.29, 1.82) is 0 Å². The zero-order chi connectivity index (χ0) is 13.2. The fourth-order valence-corrected chi connectivity index (χ4v) is 2.47. The maximum Gasteiger partial charge on any atom is 0.130 e. The lowest BCUT2D eigenvalue weighted by molar-refractivity contribution is 0.242. The normalized spacial score (nSPS) is 16.8. The Morgan fingerprint density at radius 3 is 2.68 bits per heavy atom. The lowest BCUT2D eigenvalue weighted by Gasteiger charge is -2.11. The number of methoxy groups -OCH3 is 1. The van der Waals surface area contributed by atoms with Crippen molar-refractivity contribution in [2.75, 3.05) is 13.7 Å². The highest BCUT2D eigenvalue weighted by Crippen LogP contribution is 2.38. The molecule has 3 heteroatoms. The Hall–Kier alpha value is -2.00. The second kappa shape index (κ2) is 4.94. The van der Waals surface area contributed by atoms with Gasteiger partial charge in [-0.25, -0.2) is 0 Å². The van der Waals surface area contributed by atoms with Crippen molar-refractivity contribution < 1.29 is 9.47 Å². The molecule has 0 amide bonds. The first kappa shape index (κ1) is 12.1. The summed E-state index contributed by atoms with van der Waals surface area (Å²) in [6.45, 7) is 0.552. The van der Waals surface area contributed by atoms with Gasteiger partial charge in [-0.1, -0.05) is 30.3 Å². The molecule has 0 aliphatic carbocycles. The number of rotatable bonds is 3. The maximum absolute atomic E-state index is 5.94. The minimum atomic E-state index is 0.106. The Balaban J connectivity index is 2.00. The molecule has 0 radical (unpaired) electrons. The molecule has 1 atom stereocenters. The average Bonchev–Trinajstić information content (AvgIpc) is 2.90. The molecule has 1 heterocycles. The van der Waals surface area contributed by atoms with Crippen molar-refractivity contribution in [3.05, 3.63) is 48.0 Å². The molecule has 0 fully saturated rings. The lowest BCUT2D eigenvalue weighted by atomic mass is 10.0. The predicted octanol–water partition coefficient (Wildman–Crippen LogP) is 2.62. The van der Waals surface area contributed by atoms with Crippen molar-refractivity contribution in [1.82, 2.24) is 0 Å². The second-order valence-electron chi connectivity index (χ2n) is 4.70. The predicted molar refractivity (Wildman–Crippen MR) is 75.6 cm³/mol. The molecular formula is C16H17NO2. The molecule has 19 heavy (non-hydrogen) atoms. The topological polar surface area (TPSA) is 44.5 Å². The standard InChI is InChI=1S/C16H17NO2/c1-18-13-7-5-11(6-8-13)15-4-2-3-12-9-14(10-17)19-16(12)15/h2-8,14H,9-10,17H2,1H3/t14-/m1/s1. The van der Waals surface area contributed by atoms with E-state index in [1.165, 1.54) is 5.56 Å². The van der Waals surface area contributed by atoms with Gasteiger partial charge in [-0.05, 0) is 23.3 Å². The number of para-hydroxylation sites is 1. The van der Waals surface area contributed by atoms with Crippen molar-refractivity contribution in [3.8, 4) is 22.6 Å². The van der Waals surface area contributed by atoms with Crippen molar-refractivity contribution in [2.24, 2.45) is 5.73 Å². The minimum Gasteiger partial charge on any atom is -0.497 e. The maximum atomic E-state index is 5.94. The summed E-state index contributed by atoms with van der Waals surface area (Å²) in [4.78, 5) is 0. The molecular weight excluding hydrogens is 238 g/mol. The van der Waals surface area contributed by atoms with Gasteiger partial charge in [0.15, 0.2) is 0 Å². The zero-order valence-corrected chi connectivity index (χ0v) is 10.9. The summed E-state index contributed by atoms with van der Waals surface area (Å²) in [5, 5.41) is 0. The van der Waals surface area contributed by atoms with Gasteiger partial charge in [0.05, 0.1) is 7.11 Å². The van der Waals surface area contributed by atoms with Crippen LogP contribution in [0.1, 0.15) is 5.56 Å². The number of hydrogen-bond acceptors (Lipinski definition) is 3. The van der Waals surface area contributed by atoms with E-state index in [1.807, 2.05) is 24.3 Å². The van der Waals surface area contributed by atoms with Gasteiger partial charge in [-0.2, -0.15) is 0 Å². The summed E-state index contributed by atoms with van der Waals surface area (Å²) < 4.78 is 11.1. The van der Waals surface area contributed by atoms with Gasteiger partial charge in [0.1, 0.15) is 17.6 Å². The Morgan fingerprint density at radius 2 is 2.00 bits per heavy atom. The Bertz CT molecular complexity index is 578. The monoisotopic (exact) mass is 255 g/mol. The quantitative estimate of drug-likeness (QED) is 0.917. The van der Waals surface area contributed by atoms with Crippen LogP contribution in [0.3, 0.4) is 0 Å². The fraction of sp³-hybridized carbons (Fsp3) is 0.250. The van der Waals surface area contributed by atoms with Gasteiger partial charge in [0, 0.05) is 18.5 Å². The third kappa shape index (κ3) is 2.17. The molecule has 2 aromatic rings. The van der Waals surface area contributed by atoms with E-state index in [4.69, 9.17) is 15.2 Å². The first-order chi connectivity index (χ1) is 9.31. The molecule has 98 valence electrons. The molecule has 0 saturated carbocycles. The van der Waals surface area contributed by atoms with E-state index >= 15 is 0 Å². The number of nitrogens with two attached hydrogens (primary N) is 1. The lowest BCUT2D eigenvalue weighted by Crippen LogP contribution is -2.24. The molecule has 0 spiro atoms. The van der Waals surface area contributed by atoms with Crippen LogP contribution < -0.4 is 15.2 Å². The van der Waals surface area contributed by atoms with E-state index in [0.29, 0.717) is 6.54 Å². The molecule has 0 aromatic heterocycles. The van der Waals surface area contributed by atoms with Crippen LogP contribution in [0.25, 0.3) is 11.1 Å². The highest BCUT2D eigenvalue weighted by atomic mass is 16.5. The number of fused-ring (bicyclic) bond motifs is 1. The number of ether oxygens (including phenoxy) is 2. The van der Waals surface area contributed by atoms with Gasteiger partial charge >= 0.3 is 0 Å². The van der Waals surface area contributed by atoms with Crippen LogP contribution in [-0.4, -0.2) is 19.8 Å². The molecule has 0 saturated heterocycles. The van der Waals surface area contributed by atoms with Gasteiger partial charge in [-0.3, -0.25) is 0 Å². The van der Waals surface area contributed by atoms with Crippen molar-refractivity contribution >= 4 is 0 Å². The van der Waals surface area contributed by atoms with Crippen LogP contribution in [0.4, 0.5) is 0 Å². The van der Waals surface area contributed by atoms with E-state index in [9.17, 15) is 0 Å². The number of benzene rings is 2. The SMILES string of the molecule is COc1ccc(-c2cccc3c2O[C@@H](CN)C3)cc1. The molecule has 2 aromatic carbocycles. The van der Waals surface area contributed by atoms with Crippen LogP contribution in [0, 0.1) is 0 Å². The molecule has 3 rings (SSSR count). The van der Waals surface area contributed by atoms with E-state index in [2.05, 4.69) is 18.2 Å². The summed E-state index contributed by atoms with van der Waals surface area (Å²) in [5.41, 5.74) is 9.19.